The Hall–Kier alpha value is -4.30. The van der Waals surface area contributed by atoms with E-state index in [0.717, 1.165) is 55.4 Å². The highest BCUT2D eigenvalue weighted by Gasteiger charge is 2.15. The van der Waals surface area contributed by atoms with Crippen LogP contribution in [0.4, 0.5) is 5.69 Å². The van der Waals surface area contributed by atoms with Crippen LogP contribution >= 0.6 is 11.3 Å². The van der Waals surface area contributed by atoms with Crippen LogP contribution in [0.25, 0.3) is 55.4 Å². The number of anilines is 1. The highest BCUT2D eigenvalue weighted by atomic mass is 32.1. The fourth-order valence-corrected chi connectivity index (χ4v) is 4.80. The van der Waals surface area contributed by atoms with Gasteiger partial charge in [-0.05, 0) is 52.2 Å². The number of benzene rings is 1. The van der Waals surface area contributed by atoms with E-state index in [1.807, 2.05) is 37.5 Å². The molecule has 5 heterocycles. The number of aromatic nitrogens is 5. The molecule has 0 aliphatic carbocycles. The summed E-state index contributed by atoms with van der Waals surface area (Å²) in [5.74, 6) is -0.0401. The Morgan fingerprint density at radius 1 is 0.941 bits per heavy atom. The summed E-state index contributed by atoms with van der Waals surface area (Å²) in [5, 5.41) is 16.9. The summed E-state index contributed by atoms with van der Waals surface area (Å²) in [6, 6.07) is 12.3. The molecule has 6 rings (SSSR count). The van der Waals surface area contributed by atoms with Crippen molar-refractivity contribution in [1.82, 2.24) is 25.1 Å². The molecular formula is C26H20N6OS. The van der Waals surface area contributed by atoms with Gasteiger partial charge in [0.15, 0.2) is 0 Å². The number of thiophene rings is 1. The zero-order valence-electron chi connectivity index (χ0n) is 18.3. The molecule has 0 aliphatic rings. The van der Waals surface area contributed by atoms with Gasteiger partial charge < -0.3 is 10.3 Å². The zero-order chi connectivity index (χ0) is 23.1. The third-order valence-electron chi connectivity index (χ3n) is 5.87. The average molecular weight is 465 g/mol. The summed E-state index contributed by atoms with van der Waals surface area (Å²) in [6.07, 6.45) is 7.62. The summed E-state index contributed by atoms with van der Waals surface area (Å²) >= 11 is 1.67. The van der Waals surface area contributed by atoms with Gasteiger partial charge in [-0.2, -0.15) is 16.4 Å². The van der Waals surface area contributed by atoms with Gasteiger partial charge in [-0.15, -0.1) is 0 Å². The molecule has 0 atom stereocenters. The van der Waals surface area contributed by atoms with Gasteiger partial charge in [-0.25, -0.2) is 0 Å². The maximum Gasteiger partial charge on any atom is 0.224 e. The van der Waals surface area contributed by atoms with E-state index in [1.54, 1.807) is 23.7 Å². The molecular weight excluding hydrogens is 444 g/mol. The van der Waals surface area contributed by atoms with Crippen LogP contribution in [0.15, 0.2) is 71.9 Å². The Balaban J connectivity index is 1.43. The maximum absolute atomic E-state index is 11.8. The van der Waals surface area contributed by atoms with E-state index in [1.165, 1.54) is 0 Å². The molecule has 0 aliphatic heterocycles. The number of amides is 1. The number of carbonyl (C=O) groups is 1. The first-order chi connectivity index (χ1) is 16.7. The van der Waals surface area contributed by atoms with Crippen molar-refractivity contribution in [3.05, 3.63) is 71.9 Å². The lowest BCUT2D eigenvalue weighted by Gasteiger charge is -2.06. The molecule has 0 spiro atoms. The van der Waals surface area contributed by atoms with Gasteiger partial charge in [-0.3, -0.25) is 19.9 Å². The largest absolute Gasteiger partial charge is 0.352 e. The molecule has 8 heteroatoms. The first-order valence-electron chi connectivity index (χ1n) is 10.9. The number of hydrogen-bond donors (Lipinski definition) is 3. The van der Waals surface area contributed by atoms with Crippen LogP contribution in [0.3, 0.4) is 0 Å². The molecule has 0 unspecified atom stereocenters. The van der Waals surface area contributed by atoms with Crippen LogP contribution in [0, 0.1) is 0 Å². The summed E-state index contributed by atoms with van der Waals surface area (Å²) in [5.41, 5.74) is 8.52. The molecule has 0 saturated carbocycles. The Morgan fingerprint density at radius 3 is 2.71 bits per heavy atom. The second-order valence-corrected chi connectivity index (χ2v) is 8.82. The van der Waals surface area contributed by atoms with Crippen LogP contribution < -0.4 is 5.32 Å². The normalized spacial score (nSPS) is 11.3. The standard InChI is InChI=1S/C26H20N6OS/c1-2-25(33)29-18-7-17(10-27-11-18)15-3-4-22-20(8-15)26(32-31-22)23-9-19-21(16-5-6-34-14-16)12-28-13-24(19)30-23/h3-14,30H,2H2,1H3,(H,29,33)(H,31,32). The van der Waals surface area contributed by atoms with E-state index in [9.17, 15) is 4.79 Å². The predicted octanol–water partition coefficient (Wildman–Crippen LogP) is 6.25. The Labute approximate surface area is 198 Å². The second kappa shape index (κ2) is 8.24. The number of carbonyl (C=O) groups excluding carboxylic acids is 1. The zero-order valence-corrected chi connectivity index (χ0v) is 19.1. The van der Waals surface area contributed by atoms with E-state index in [4.69, 9.17) is 0 Å². The van der Waals surface area contributed by atoms with Gasteiger partial charge in [-0.1, -0.05) is 13.0 Å². The van der Waals surface area contributed by atoms with Gasteiger partial charge >= 0.3 is 0 Å². The summed E-state index contributed by atoms with van der Waals surface area (Å²) in [6.45, 7) is 1.82. The topological polar surface area (TPSA) is 99.3 Å². The van der Waals surface area contributed by atoms with Crippen LogP contribution in [0.2, 0.25) is 0 Å². The predicted molar refractivity (Wildman–Crippen MR) is 137 cm³/mol. The highest BCUT2D eigenvalue weighted by Crippen LogP contribution is 2.35. The molecule has 0 saturated heterocycles. The lowest BCUT2D eigenvalue weighted by atomic mass is 10.0. The molecule has 5 aromatic heterocycles. The first kappa shape index (κ1) is 20.3. The van der Waals surface area contributed by atoms with Crippen LogP contribution in [-0.4, -0.2) is 31.1 Å². The summed E-state index contributed by atoms with van der Waals surface area (Å²) in [4.78, 5) is 24.0. The average Bonchev–Trinajstić information content (AvgIpc) is 3.62. The minimum atomic E-state index is -0.0401. The first-order valence-corrected chi connectivity index (χ1v) is 11.9. The van der Waals surface area contributed by atoms with E-state index in [0.29, 0.717) is 12.1 Å². The fraction of sp³-hybridized carbons (Fsp3) is 0.0769. The number of fused-ring (bicyclic) bond motifs is 2. The molecule has 0 bridgehead atoms. The van der Waals surface area contributed by atoms with Crippen molar-refractivity contribution < 1.29 is 4.79 Å². The minimum Gasteiger partial charge on any atom is -0.352 e. The number of nitrogens with one attached hydrogen (secondary N) is 3. The van der Waals surface area contributed by atoms with Crippen LogP contribution in [0.1, 0.15) is 13.3 Å². The number of rotatable bonds is 5. The van der Waals surface area contributed by atoms with Gasteiger partial charge in [0, 0.05) is 40.7 Å². The second-order valence-electron chi connectivity index (χ2n) is 8.04. The minimum absolute atomic E-state index is 0.0401. The van der Waals surface area contributed by atoms with Gasteiger partial charge in [0.25, 0.3) is 0 Å². The van der Waals surface area contributed by atoms with E-state index < -0.39 is 0 Å². The van der Waals surface area contributed by atoms with Crippen molar-refractivity contribution in [1.29, 1.82) is 0 Å². The lowest BCUT2D eigenvalue weighted by Crippen LogP contribution is -2.09. The van der Waals surface area contributed by atoms with E-state index in [-0.39, 0.29) is 5.91 Å². The molecule has 1 aromatic carbocycles. The summed E-state index contributed by atoms with van der Waals surface area (Å²) < 4.78 is 0. The smallest absolute Gasteiger partial charge is 0.224 e. The molecule has 3 N–H and O–H groups in total. The molecule has 0 radical (unpaired) electrons. The molecule has 34 heavy (non-hydrogen) atoms. The lowest BCUT2D eigenvalue weighted by molar-refractivity contribution is -0.115. The van der Waals surface area contributed by atoms with Crippen molar-refractivity contribution in [2.24, 2.45) is 0 Å². The SMILES string of the molecule is CCC(=O)Nc1cncc(-c2ccc3[nH]nc(-c4cc5c(-c6ccsc6)cncc5[nH]4)c3c2)c1. The highest BCUT2D eigenvalue weighted by molar-refractivity contribution is 7.08. The number of aromatic amines is 2. The molecule has 166 valence electrons. The van der Waals surface area contributed by atoms with Crippen molar-refractivity contribution >= 4 is 44.7 Å². The molecule has 7 nitrogen and oxygen atoms in total. The number of H-pyrrole nitrogens is 2. The Kier molecular flexibility index (Phi) is 4.92. The van der Waals surface area contributed by atoms with E-state index >= 15 is 0 Å². The number of nitrogens with zero attached hydrogens (tertiary/aromatic N) is 3. The molecule has 6 aromatic rings. The van der Waals surface area contributed by atoms with Crippen molar-refractivity contribution in [2.75, 3.05) is 5.32 Å². The van der Waals surface area contributed by atoms with Gasteiger partial charge in [0.05, 0.1) is 34.8 Å². The van der Waals surface area contributed by atoms with Crippen LogP contribution in [-0.2, 0) is 4.79 Å². The van der Waals surface area contributed by atoms with Crippen molar-refractivity contribution in [3.63, 3.8) is 0 Å². The third kappa shape index (κ3) is 3.54. The van der Waals surface area contributed by atoms with Gasteiger partial charge in [0.1, 0.15) is 5.69 Å². The third-order valence-corrected chi connectivity index (χ3v) is 6.56. The van der Waals surface area contributed by atoms with E-state index in [2.05, 4.69) is 59.4 Å². The van der Waals surface area contributed by atoms with Gasteiger partial charge in [0.2, 0.25) is 5.91 Å². The Morgan fingerprint density at radius 2 is 1.85 bits per heavy atom. The number of hydrogen-bond acceptors (Lipinski definition) is 5. The monoisotopic (exact) mass is 464 g/mol. The number of pyridine rings is 2. The molecule has 0 fully saturated rings. The fourth-order valence-electron chi connectivity index (χ4n) is 4.14. The van der Waals surface area contributed by atoms with Crippen LogP contribution in [0.5, 0.6) is 0 Å². The van der Waals surface area contributed by atoms with Crippen molar-refractivity contribution in [3.8, 4) is 33.6 Å². The van der Waals surface area contributed by atoms with Crippen molar-refractivity contribution in [2.45, 2.75) is 13.3 Å². The maximum atomic E-state index is 11.8. The Bertz CT molecular complexity index is 1650. The summed E-state index contributed by atoms with van der Waals surface area (Å²) in [7, 11) is 0. The quantitative estimate of drug-likeness (QED) is 0.281. The molecule has 1 amide bonds.